The maximum Gasteiger partial charge on any atom is 0.140 e. The van der Waals surface area contributed by atoms with Crippen LogP contribution in [0.4, 0.5) is 0 Å². The molecule has 1 heterocycles. The molecule has 0 aromatic carbocycles. The molecule has 0 spiro atoms. The van der Waals surface area contributed by atoms with E-state index < -0.39 is 0 Å². The molecule has 1 fully saturated rings. The monoisotopic (exact) mass is 239 g/mol. The molecule has 1 aliphatic rings. The Morgan fingerprint density at radius 1 is 1.41 bits per heavy atom. The number of ketones is 1. The van der Waals surface area contributed by atoms with Gasteiger partial charge in [0.25, 0.3) is 0 Å². The van der Waals surface area contributed by atoms with Crippen molar-refractivity contribution in [1.29, 1.82) is 0 Å². The van der Waals surface area contributed by atoms with Crippen molar-refractivity contribution in [2.45, 2.75) is 65.7 Å². The first-order valence-corrected chi connectivity index (χ1v) is 7.35. The Labute approximate surface area is 107 Å². The van der Waals surface area contributed by atoms with Gasteiger partial charge in [-0.15, -0.1) is 0 Å². The van der Waals surface area contributed by atoms with Gasteiger partial charge in [-0.3, -0.25) is 4.79 Å². The van der Waals surface area contributed by atoms with Crippen LogP contribution in [0.3, 0.4) is 0 Å². The van der Waals surface area contributed by atoms with Crippen LogP contribution in [0.1, 0.15) is 65.7 Å². The van der Waals surface area contributed by atoms with Crippen LogP contribution in [0.2, 0.25) is 0 Å². The summed E-state index contributed by atoms with van der Waals surface area (Å²) in [7, 11) is 0. The van der Waals surface area contributed by atoms with Crippen molar-refractivity contribution in [3.05, 3.63) is 0 Å². The SMILES string of the molecule is CCCC1(C(=O)CCCC(C)C)CCCNC1. The molecular formula is C15H29NO. The van der Waals surface area contributed by atoms with Gasteiger partial charge in [-0.2, -0.15) is 0 Å². The van der Waals surface area contributed by atoms with Gasteiger partial charge in [-0.1, -0.05) is 33.6 Å². The third-order valence-corrected chi connectivity index (χ3v) is 3.98. The summed E-state index contributed by atoms with van der Waals surface area (Å²) < 4.78 is 0. The van der Waals surface area contributed by atoms with E-state index in [9.17, 15) is 4.79 Å². The highest BCUT2D eigenvalue weighted by atomic mass is 16.1. The Balaban J connectivity index is 2.48. The molecule has 1 aliphatic heterocycles. The largest absolute Gasteiger partial charge is 0.316 e. The quantitative estimate of drug-likeness (QED) is 0.736. The van der Waals surface area contributed by atoms with E-state index in [-0.39, 0.29) is 5.41 Å². The average molecular weight is 239 g/mol. The normalized spacial score (nSPS) is 25.2. The highest BCUT2D eigenvalue weighted by Crippen LogP contribution is 2.34. The molecule has 100 valence electrons. The first-order chi connectivity index (χ1) is 8.10. The van der Waals surface area contributed by atoms with E-state index in [2.05, 4.69) is 26.1 Å². The lowest BCUT2D eigenvalue weighted by Gasteiger charge is -2.36. The van der Waals surface area contributed by atoms with Gasteiger partial charge in [0, 0.05) is 18.4 Å². The second-order valence-electron chi connectivity index (χ2n) is 6.02. The second kappa shape index (κ2) is 7.15. The second-order valence-corrected chi connectivity index (χ2v) is 6.02. The van der Waals surface area contributed by atoms with E-state index in [1.807, 2.05) is 0 Å². The summed E-state index contributed by atoms with van der Waals surface area (Å²) in [6, 6.07) is 0. The minimum absolute atomic E-state index is 0.0238. The van der Waals surface area contributed by atoms with Crippen molar-refractivity contribution in [3.8, 4) is 0 Å². The Kier molecular flexibility index (Phi) is 6.18. The molecule has 1 N–H and O–H groups in total. The predicted octanol–water partition coefficient (Wildman–Crippen LogP) is 3.55. The van der Waals surface area contributed by atoms with Gasteiger partial charge in [0.2, 0.25) is 0 Å². The van der Waals surface area contributed by atoms with Crippen molar-refractivity contribution in [2.75, 3.05) is 13.1 Å². The van der Waals surface area contributed by atoms with E-state index >= 15 is 0 Å². The summed E-state index contributed by atoms with van der Waals surface area (Å²) in [4.78, 5) is 12.5. The molecule has 0 aliphatic carbocycles. The molecule has 0 bridgehead atoms. The first kappa shape index (κ1) is 14.7. The van der Waals surface area contributed by atoms with Crippen molar-refractivity contribution in [2.24, 2.45) is 11.3 Å². The van der Waals surface area contributed by atoms with Crippen molar-refractivity contribution < 1.29 is 4.79 Å². The molecule has 0 amide bonds. The van der Waals surface area contributed by atoms with Gasteiger partial charge >= 0.3 is 0 Å². The Hall–Kier alpha value is -0.370. The Morgan fingerprint density at radius 3 is 2.71 bits per heavy atom. The lowest BCUT2D eigenvalue weighted by atomic mass is 9.72. The van der Waals surface area contributed by atoms with Gasteiger partial charge < -0.3 is 5.32 Å². The number of carbonyl (C=O) groups is 1. The molecule has 1 unspecified atom stereocenters. The summed E-state index contributed by atoms with van der Waals surface area (Å²) in [5, 5.41) is 3.42. The molecule has 1 saturated heterocycles. The number of nitrogens with one attached hydrogen (secondary N) is 1. The number of rotatable bonds is 7. The number of hydrogen-bond acceptors (Lipinski definition) is 2. The fourth-order valence-corrected chi connectivity index (χ4v) is 2.97. The fourth-order valence-electron chi connectivity index (χ4n) is 2.97. The third-order valence-electron chi connectivity index (χ3n) is 3.98. The highest BCUT2D eigenvalue weighted by Gasteiger charge is 2.37. The Morgan fingerprint density at radius 2 is 2.18 bits per heavy atom. The molecule has 17 heavy (non-hydrogen) atoms. The van der Waals surface area contributed by atoms with Gasteiger partial charge in [-0.05, 0) is 38.1 Å². The first-order valence-electron chi connectivity index (χ1n) is 7.35. The van der Waals surface area contributed by atoms with Crippen LogP contribution >= 0.6 is 0 Å². The third kappa shape index (κ3) is 4.42. The number of Topliss-reactive ketones (excluding diaryl/α,β-unsaturated/α-hetero) is 1. The highest BCUT2D eigenvalue weighted by molar-refractivity contribution is 5.85. The lowest BCUT2D eigenvalue weighted by Crippen LogP contribution is -2.45. The van der Waals surface area contributed by atoms with Gasteiger partial charge in [0.05, 0.1) is 0 Å². The van der Waals surface area contributed by atoms with Crippen LogP contribution in [-0.2, 0) is 4.79 Å². The molecule has 0 aromatic heterocycles. The van der Waals surface area contributed by atoms with Gasteiger partial charge in [0.1, 0.15) is 5.78 Å². The molecule has 0 saturated carbocycles. The number of carbonyl (C=O) groups excluding carboxylic acids is 1. The maximum atomic E-state index is 12.5. The minimum atomic E-state index is -0.0238. The summed E-state index contributed by atoms with van der Waals surface area (Å²) >= 11 is 0. The molecule has 1 atom stereocenters. The molecule has 2 heteroatoms. The lowest BCUT2D eigenvalue weighted by molar-refractivity contribution is -0.130. The summed E-state index contributed by atoms with van der Waals surface area (Å²) in [6.07, 6.45) is 7.51. The van der Waals surface area contributed by atoms with E-state index in [1.165, 1.54) is 6.42 Å². The van der Waals surface area contributed by atoms with Crippen molar-refractivity contribution in [3.63, 3.8) is 0 Å². The van der Waals surface area contributed by atoms with Crippen LogP contribution in [0, 0.1) is 11.3 Å². The van der Waals surface area contributed by atoms with Crippen LogP contribution in [0.25, 0.3) is 0 Å². The zero-order valence-corrected chi connectivity index (χ0v) is 11.8. The molecule has 2 nitrogen and oxygen atoms in total. The minimum Gasteiger partial charge on any atom is -0.316 e. The Bertz CT molecular complexity index is 224. The molecule has 0 aromatic rings. The van der Waals surface area contributed by atoms with E-state index in [0.29, 0.717) is 5.78 Å². The number of hydrogen-bond donors (Lipinski definition) is 1. The fraction of sp³-hybridized carbons (Fsp3) is 0.933. The van der Waals surface area contributed by atoms with E-state index in [0.717, 1.165) is 57.5 Å². The van der Waals surface area contributed by atoms with Gasteiger partial charge in [-0.25, -0.2) is 0 Å². The van der Waals surface area contributed by atoms with Crippen LogP contribution in [-0.4, -0.2) is 18.9 Å². The zero-order chi connectivity index (χ0) is 12.7. The topological polar surface area (TPSA) is 29.1 Å². The van der Waals surface area contributed by atoms with Crippen LogP contribution in [0.5, 0.6) is 0 Å². The standard InChI is InChI=1S/C15H29NO/c1-4-9-15(10-6-11-16-12-15)14(17)8-5-7-13(2)3/h13,16H,4-12H2,1-3H3. The predicted molar refractivity (Wildman–Crippen MR) is 73.1 cm³/mol. The molecule has 1 rings (SSSR count). The van der Waals surface area contributed by atoms with Gasteiger partial charge in [0.15, 0.2) is 0 Å². The van der Waals surface area contributed by atoms with Crippen molar-refractivity contribution >= 4 is 5.78 Å². The van der Waals surface area contributed by atoms with Crippen LogP contribution < -0.4 is 5.32 Å². The summed E-state index contributed by atoms with van der Waals surface area (Å²) in [5.41, 5.74) is -0.0238. The van der Waals surface area contributed by atoms with Crippen molar-refractivity contribution in [1.82, 2.24) is 5.32 Å². The zero-order valence-electron chi connectivity index (χ0n) is 11.8. The summed E-state index contributed by atoms with van der Waals surface area (Å²) in [5.74, 6) is 1.24. The summed E-state index contributed by atoms with van der Waals surface area (Å²) in [6.45, 7) is 8.66. The average Bonchev–Trinajstić information content (AvgIpc) is 2.30. The molecule has 0 radical (unpaired) electrons. The maximum absolute atomic E-state index is 12.5. The molecular weight excluding hydrogens is 210 g/mol. The van der Waals surface area contributed by atoms with Crippen LogP contribution in [0.15, 0.2) is 0 Å². The smallest absolute Gasteiger partial charge is 0.140 e. The number of piperidine rings is 1. The van der Waals surface area contributed by atoms with E-state index in [1.54, 1.807) is 0 Å². The van der Waals surface area contributed by atoms with E-state index in [4.69, 9.17) is 0 Å².